The van der Waals surface area contributed by atoms with Crippen molar-refractivity contribution in [3.8, 4) is 0 Å². The monoisotopic (exact) mass is 200 g/mol. The summed E-state index contributed by atoms with van der Waals surface area (Å²) in [6.07, 6.45) is 0.611. The van der Waals surface area contributed by atoms with Gasteiger partial charge in [-0.1, -0.05) is 6.92 Å². The molecule has 0 radical (unpaired) electrons. The van der Waals surface area contributed by atoms with E-state index in [1.807, 2.05) is 20.8 Å². The van der Waals surface area contributed by atoms with E-state index in [4.69, 9.17) is 4.74 Å². The van der Waals surface area contributed by atoms with Crippen molar-refractivity contribution >= 4 is 6.09 Å². The second-order valence-corrected chi connectivity index (χ2v) is 4.86. The highest BCUT2D eigenvalue weighted by atomic mass is 16.6. The molecule has 14 heavy (non-hydrogen) atoms. The molecule has 0 unspecified atom stereocenters. The SMILES string of the molecule is CCC1(NC(=O)OC(C)(C)C)CNC1. The van der Waals surface area contributed by atoms with E-state index in [-0.39, 0.29) is 11.6 Å². The molecule has 1 aliphatic rings. The average Bonchev–Trinajstić information content (AvgIpc) is 1.93. The van der Waals surface area contributed by atoms with Crippen LogP contribution in [0.2, 0.25) is 0 Å². The topological polar surface area (TPSA) is 50.4 Å². The van der Waals surface area contributed by atoms with Crippen molar-refractivity contribution in [3.63, 3.8) is 0 Å². The Kier molecular flexibility index (Phi) is 3.04. The molecule has 0 aromatic heterocycles. The van der Waals surface area contributed by atoms with Crippen LogP contribution in [0.3, 0.4) is 0 Å². The fourth-order valence-electron chi connectivity index (χ4n) is 1.37. The van der Waals surface area contributed by atoms with Crippen LogP contribution >= 0.6 is 0 Å². The Morgan fingerprint density at radius 1 is 1.50 bits per heavy atom. The second-order valence-electron chi connectivity index (χ2n) is 4.86. The van der Waals surface area contributed by atoms with Gasteiger partial charge in [-0.25, -0.2) is 4.79 Å². The van der Waals surface area contributed by atoms with Gasteiger partial charge in [0.15, 0.2) is 0 Å². The lowest BCUT2D eigenvalue weighted by molar-refractivity contribution is 0.0406. The van der Waals surface area contributed by atoms with Crippen molar-refractivity contribution in [1.82, 2.24) is 10.6 Å². The fraction of sp³-hybridized carbons (Fsp3) is 0.900. The zero-order chi connectivity index (χ0) is 10.8. The third kappa shape index (κ3) is 2.87. The first-order chi connectivity index (χ1) is 6.37. The van der Waals surface area contributed by atoms with Crippen LogP contribution in [0.15, 0.2) is 0 Å². The van der Waals surface area contributed by atoms with Gasteiger partial charge in [0.1, 0.15) is 5.60 Å². The molecule has 1 amide bonds. The number of alkyl carbamates (subject to hydrolysis) is 1. The van der Waals surface area contributed by atoms with Crippen LogP contribution in [-0.2, 0) is 4.74 Å². The molecular weight excluding hydrogens is 180 g/mol. The van der Waals surface area contributed by atoms with Crippen molar-refractivity contribution in [3.05, 3.63) is 0 Å². The van der Waals surface area contributed by atoms with Crippen LogP contribution < -0.4 is 10.6 Å². The van der Waals surface area contributed by atoms with Crippen LogP contribution in [0.4, 0.5) is 4.79 Å². The molecular formula is C10H20N2O2. The molecule has 4 nitrogen and oxygen atoms in total. The first kappa shape index (κ1) is 11.3. The third-order valence-electron chi connectivity index (χ3n) is 2.37. The molecule has 0 atom stereocenters. The number of hydrogen-bond donors (Lipinski definition) is 2. The van der Waals surface area contributed by atoms with Gasteiger partial charge < -0.3 is 15.4 Å². The Labute approximate surface area is 85.4 Å². The predicted octanol–water partition coefficient (Wildman–Crippen LogP) is 1.26. The van der Waals surface area contributed by atoms with E-state index in [9.17, 15) is 4.79 Å². The molecule has 1 fully saturated rings. The summed E-state index contributed by atoms with van der Waals surface area (Å²) in [7, 11) is 0. The summed E-state index contributed by atoms with van der Waals surface area (Å²) in [4.78, 5) is 11.5. The normalized spacial score (nSPS) is 19.7. The van der Waals surface area contributed by atoms with E-state index in [0.29, 0.717) is 0 Å². The number of amides is 1. The second kappa shape index (κ2) is 3.77. The van der Waals surface area contributed by atoms with Crippen LogP contribution in [-0.4, -0.2) is 30.3 Å². The summed E-state index contributed by atoms with van der Waals surface area (Å²) in [5.74, 6) is 0. The number of carbonyl (C=O) groups excluding carboxylic acids is 1. The Morgan fingerprint density at radius 3 is 2.36 bits per heavy atom. The van der Waals surface area contributed by atoms with Crippen molar-refractivity contribution < 1.29 is 9.53 Å². The van der Waals surface area contributed by atoms with E-state index in [1.165, 1.54) is 0 Å². The smallest absolute Gasteiger partial charge is 0.408 e. The molecule has 1 saturated heterocycles. The maximum absolute atomic E-state index is 11.5. The van der Waals surface area contributed by atoms with Crippen molar-refractivity contribution in [2.75, 3.05) is 13.1 Å². The third-order valence-corrected chi connectivity index (χ3v) is 2.37. The van der Waals surface area contributed by atoms with Gasteiger partial charge in [0.05, 0.1) is 5.54 Å². The number of ether oxygens (including phenoxy) is 1. The van der Waals surface area contributed by atoms with Crippen LogP contribution in [0.1, 0.15) is 34.1 Å². The Balaban J connectivity index is 2.40. The first-order valence-electron chi connectivity index (χ1n) is 5.09. The van der Waals surface area contributed by atoms with Gasteiger partial charge in [0.25, 0.3) is 0 Å². The lowest BCUT2D eigenvalue weighted by Crippen LogP contribution is -2.68. The summed E-state index contributed by atoms with van der Waals surface area (Å²) < 4.78 is 5.19. The van der Waals surface area contributed by atoms with Crippen LogP contribution in [0.25, 0.3) is 0 Å². The summed E-state index contributed by atoms with van der Waals surface area (Å²) in [5, 5.41) is 6.06. The van der Waals surface area contributed by atoms with Crippen molar-refractivity contribution in [1.29, 1.82) is 0 Å². The highest BCUT2D eigenvalue weighted by molar-refractivity contribution is 5.69. The van der Waals surface area contributed by atoms with E-state index in [2.05, 4.69) is 17.6 Å². The molecule has 1 heterocycles. The minimum Gasteiger partial charge on any atom is -0.444 e. The van der Waals surface area contributed by atoms with E-state index < -0.39 is 5.60 Å². The molecule has 0 aromatic carbocycles. The Bertz CT molecular complexity index is 211. The molecule has 0 aromatic rings. The van der Waals surface area contributed by atoms with Gasteiger partial charge in [0.2, 0.25) is 0 Å². The van der Waals surface area contributed by atoms with Crippen LogP contribution in [0, 0.1) is 0 Å². The van der Waals surface area contributed by atoms with Gasteiger partial charge in [-0.3, -0.25) is 0 Å². The van der Waals surface area contributed by atoms with Gasteiger partial charge in [-0.05, 0) is 27.2 Å². The van der Waals surface area contributed by atoms with Crippen molar-refractivity contribution in [2.24, 2.45) is 0 Å². The molecule has 0 bridgehead atoms. The molecule has 0 aliphatic carbocycles. The number of nitrogens with one attached hydrogen (secondary N) is 2. The van der Waals surface area contributed by atoms with E-state index in [0.717, 1.165) is 19.5 Å². The van der Waals surface area contributed by atoms with Gasteiger partial charge in [-0.15, -0.1) is 0 Å². The summed E-state index contributed by atoms with van der Waals surface area (Å²) in [6, 6.07) is 0. The average molecular weight is 200 g/mol. The Hall–Kier alpha value is -0.770. The van der Waals surface area contributed by atoms with E-state index >= 15 is 0 Å². The molecule has 0 saturated carbocycles. The van der Waals surface area contributed by atoms with Gasteiger partial charge in [0, 0.05) is 13.1 Å². The molecule has 82 valence electrons. The first-order valence-corrected chi connectivity index (χ1v) is 5.09. The minimum atomic E-state index is -0.420. The maximum atomic E-state index is 11.5. The maximum Gasteiger partial charge on any atom is 0.408 e. The molecule has 2 N–H and O–H groups in total. The molecule has 4 heteroatoms. The van der Waals surface area contributed by atoms with Crippen molar-refractivity contribution in [2.45, 2.75) is 45.3 Å². The summed E-state index contributed by atoms with van der Waals surface area (Å²) in [6.45, 7) is 9.34. The van der Waals surface area contributed by atoms with E-state index in [1.54, 1.807) is 0 Å². The number of carbonyl (C=O) groups is 1. The minimum absolute atomic E-state index is 0.0810. The standard InChI is InChI=1S/C10H20N2O2/c1-5-10(6-11-7-10)12-8(13)14-9(2,3)4/h11H,5-7H2,1-4H3,(H,12,13). The fourth-order valence-corrected chi connectivity index (χ4v) is 1.37. The predicted molar refractivity (Wildman–Crippen MR) is 55.3 cm³/mol. The lowest BCUT2D eigenvalue weighted by atomic mass is 9.90. The summed E-state index contributed by atoms with van der Waals surface area (Å²) in [5.41, 5.74) is -0.501. The zero-order valence-electron chi connectivity index (χ0n) is 9.44. The number of rotatable bonds is 2. The molecule has 0 spiro atoms. The zero-order valence-corrected chi connectivity index (χ0v) is 9.44. The largest absolute Gasteiger partial charge is 0.444 e. The Morgan fingerprint density at radius 2 is 2.07 bits per heavy atom. The number of hydrogen-bond acceptors (Lipinski definition) is 3. The van der Waals surface area contributed by atoms with Gasteiger partial charge in [-0.2, -0.15) is 0 Å². The highest BCUT2D eigenvalue weighted by Gasteiger charge is 2.37. The van der Waals surface area contributed by atoms with Crippen LogP contribution in [0.5, 0.6) is 0 Å². The molecule has 1 rings (SSSR count). The lowest BCUT2D eigenvalue weighted by Gasteiger charge is -2.42. The quantitative estimate of drug-likeness (QED) is 0.705. The molecule has 1 aliphatic heterocycles. The highest BCUT2D eigenvalue weighted by Crippen LogP contribution is 2.16. The van der Waals surface area contributed by atoms with Gasteiger partial charge >= 0.3 is 6.09 Å². The summed E-state index contributed by atoms with van der Waals surface area (Å²) >= 11 is 0.